The minimum Gasteiger partial charge on any atom is -0.340 e. The van der Waals surface area contributed by atoms with Crippen molar-refractivity contribution in [2.45, 2.75) is 77.4 Å². The number of nitrogens with one attached hydrogen (secondary N) is 1. The SMILES string of the molecule is CC1C(=O)NC(C)(C)C(=O)N1C(C)C1CCCCC1. The van der Waals surface area contributed by atoms with E-state index >= 15 is 0 Å². The quantitative estimate of drug-likeness (QED) is 0.832. The second-order valence-electron chi connectivity index (χ2n) is 6.64. The maximum absolute atomic E-state index is 12.6. The number of nitrogens with zero attached hydrogens (tertiary/aromatic N) is 1. The molecule has 108 valence electrons. The Morgan fingerprint density at radius 1 is 1.21 bits per heavy atom. The van der Waals surface area contributed by atoms with Gasteiger partial charge in [0.25, 0.3) is 0 Å². The molecule has 1 heterocycles. The van der Waals surface area contributed by atoms with Crippen molar-refractivity contribution >= 4 is 11.8 Å². The molecular weight excluding hydrogens is 240 g/mol. The van der Waals surface area contributed by atoms with Gasteiger partial charge < -0.3 is 10.2 Å². The molecule has 4 nitrogen and oxygen atoms in total. The second kappa shape index (κ2) is 5.14. The molecule has 2 fully saturated rings. The van der Waals surface area contributed by atoms with Gasteiger partial charge in [-0.15, -0.1) is 0 Å². The van der Waals surface area contributed by atoms with Gasteiger partial charge in [0, 0.05) is 6.04 Å². The molecule has 1 N–H and O–H groups in total. The third-order valence-electron chi connectivity index (χ3n) is 4.77. The van der Waals surface area contributed by atoms with Crippen LogP contribution in [0, 0.1) is 5.92 Å². The van der Waals surface area contributed by atoms with Gasteiger partial charge in [0.2, 0.25) is 11.8 Å². The van der Waals surface area contributed by atoms with Crippen molar-refractivity contribution in [3.63, 3.8) is 0 Å². The Morgan fingerprint density at radius 2 is 1.79 bits per heavy atom. The van der Waals surface area contributed by atoms with Crippen molar-refractivity contribution in [3.05, 3.63) is 0 Å². The van der Waals surface area contributed by atoms with Crippen LogP contribution >= 0.6 is 0 Å². The fraction of sp³-hybridized carbons (Fsp3) is 0.867. The maximum Gasteiger partial charge on any atom is 0.248 e. The first-order valence-corrected chi connectivity index (χ1v) is 7.49. The van der Waals surface area contributed by atoms with Crippen LogP contribution in [0.15, 0.2) is 0 Å². The molecule has 0 spiro atoms. The molecule has 1 aliphatic heterocycles. The largest absolute Gasteiger partial charge is 0.340 e. The fourth-order valence-corrected chi connectivity index (χ4v) is 3.47. The van der Waals surface area contributed by atoms with Gasteiger partial charge in [-0.05, 0) is 46.5 Å². The lowest BCUT2D eigenvalue weighted by molar-refractivity contribution is -0.156. The summed E-state index contributed by atoms with van der Waals surface area (Å²) in [6.45, 7) is 7.53. The van der Waals surface area contributed by atoms with Gasteiger partial charge in [-0.2, -0.15) is 0 Å². The van der Waals surface area contributed by atoms with E-state index in [-0.39, 0.29) is 23.9 Å². The van der Waals surface area contributed by atoms with Crippen LogP contribution in [-0.2, 0) is 9.59 Å². The summed E-state index contributed by atoms with van der Waals surface area (Å²) in [6, 6.07) is -0.189. The Morgan fingerprint density at radius 3 is 2.37 bits per heavy atom. The summed E-state index contributed by atoms with van der Waals surface area (Å²) in [5, 5.41) is 2.81. The van der Waals surface area contributed by atoms with Gasteiger partial charge in [0.05, 0.1) is 0 Å². The van der Waals surface area contributed by atoms with E-state index < -0.39 is 5.54 Å². The molecular formula is C15H26N2O2. The summed E-state index contributed by atoms with van der Waals surface area (Å²) in [7, 11) is 0. The number of rotatable bonds is 2. The number of carbonyl (C=O) groups is 2. The molecule has 0 radical (unpaired) electrons. The standard InChI is InChI=1S/C15H26N2O2/c1-10(12-8-6-5-7-9-12)17-11(2)13(18)16-15(3,4)14(17)19/h10-12H,5-9H2,1-4H3,(H,16,18). The van der Waals surface area contributed by atoms with Gasteiger partial charge in [-0.25, -0.2) is 0 Å². The molecule has 2 unspecified atom stereocenters. The molecule has 0 bridgehead atoms. The predicted octanol–water partition coefficient (Wildman–Crippen LogP) is 2.08. The van der Waals surface area contributed by atoms with Gasteiger partial charge in [-0.3, -0.25) is 9.59 Å². The predicted molar refractivity (Wildman–Crippen MR) is 74.6 cm³/mol. The monoisotopic (exact) mass is 266 g/mol. The van der Waals surface area contributed by atoms with E-state index in [0.29, 0.717) is 5.92 Å². The summed E-state index contributed by atoms with van der Waals surface area (Å²) in [4.78, 5) is 26.5. The zero-order valence-corrected chi connectivity index (χ0v) is 12.5. The lowest BCUT2D eigenvalue weighted by Crippen LogP contribution is -2.69. The van der Waals surface area contributed by atoms with Gasteiger partial charge in [0.15, 0.2) is 0 Å². The first-order chi connectivity index (χ1) is 8.84. The van der Waals surface area contributed by atoms with Gasteiger partial charge in [0.1, 0.15) is 11.6 Å². The number of piperazine rings is 1. The molecule has 0 aromatic carbocycles. The Hall–Kier alpha value is -1.06. The molecule has 0 aromatic rings. The molecule has 4 heteroatoms. The lowest BCUT2D eigenvalue weighted by Gasteiger charge is -2.47. The van der Waals surface area contributed by atoms with E-state index in [1.54, 1.807) is 13.8 Å². The molecule has 2 atom stereocenters. The number of carbonyl (C=O) groups excluding carboxylic acids is 2. The van der Waals surface area contributed by atoms with Crippen LogP contribution in [0.4, 0.5) is 0 Å². The lowest BCUT2D eigenvalue weighted by atomic mass is 9.82. The van der Waals surface area contributed by atoms with Crippen molar-refractivity contribution in [3.8, 4) is 0 Å². The van der Waals surface area contributed by atoms with Crippen LogP contribution in [0.5, 0.6) is 0 Å². The smallest absolute Gasteiger partial charge is 0.248 e. The van der Waals surface area contributed by atoms with Crippen molar-refractivity contribution in [1.82, 2.24) is 10.2 Å². The average Bonchev–Trinajstić information content (AvgIpc) is 2.37. The third kappa shape index (κ3) is 2.63. The first kappa shape index (κ1) is 14.4. The second-order valence-corrected chi connectivity index (χ2v) is 6.64. The van der Waals surface area contributed by atoms with Crippen molar-refractivity contribution in [1.29, 1.82) is 0 Å². The van der Waals surface area contributed by atoms with E-state index in [0.717, 1.165) is 0 Å². The average molecular weight is 266 g/mol. The van der Waals surface area contributed by atoms with Gasteiger partial charge in [-0.1, -0.05) is 19.3 Å². The molecule has 1 saturated heterocycles. The summed E-state index contributed by atoms with van der Waals surface area (Å²) >= 11 is 0. The molecule has 19 heavy (non-hydrogen) atoms. The Kier molecular flexibility index (Phi) is 3.88. The highest BCUT2D eigenvalue weighted by atomic mass is 16.2. The van der Waals surface area contributed by atoms with E-state index in [1.165, 1.54) is 32.1 Å². The molecule has 2 amide bonds. The number of amides is 2. The van der Waals surface area contributed by atoms with Crippen LogP contribution in [0.1, 0.15) is 59.8 Å². The van der Waals surface area contributed by atoms with Crippen molar-refractivity contribution < 1.29 is 9.59 Å². The van der Waals surface area contributed by atoms with E-state index in [9.17, 15) is 9.59 Å². The van der Waals surface area contributed by atoms with Crippen LogP contribution in [-0.4, -0.2) is 34.3 Å². The third-order valence-corrected chi connectivity index (χ3v) is 4.77. The summed E-state index contributed by atoms with van der Waals surface area (Å²) < 4.78 is 0. The summed E-state index contributed by atoms with van der Waals surface area (Å²) in [5.74, 6) is 0.562. The Labute approximate surface area is 115 Å². The van der Waals surface area contributed by atoms with Crippen LogP contribution in [0.3, 0.4) is 0 Å². The highest BCUT2D eigenvalue weighted by molar-refractivity contribution is 5.99. The Bertz CT molecular complexity index is 372. The van der Waals surface area contributed by atoms with Crippen LogP contribution in [0.25, 0.3) is 0 Å². The minimum atomic E-state index is -0.771. The number of hydrogen-bond donors (Lipinski definition) is 1. The van der Waals surface area contributed by atoms with E-state index in [1.807, 2.05) is 11.8 Å². The zero-order chi connectivity index (χ0) is 14.2. The van der Waals surface area contributed by atoms with E-state index in [2.05, 4.69) is 12.2 Å². The highest BCUT2D eigenvalue weighted by Crippen LogP contribution is 2.32. The first-order valence-electron chi connectivity index (χ1n) is 7.49. The van der Waals surface area contributed by atoms with Crippen molar-refractivity contribution in [2.24, 2.45) is 5.92 Å². The normalized spacial score (nSPS) is 30.1. The topological polar surface area (TPSA) is 49.4 Å². The highest BCUT2D eigenvalue weighted by Gasteiger charge is 2.46. The zero-order valence-electron chi connectivity index (χ0n) is 12.5. The van der Waals surface area contributed by atoms with Gasteiger partial charge >= 0.3 is 0 Å². The molecule has 0 aromatic heterocycles. The summed E-state index contributed by atoms with van der Waals surface area (Å²) in [5.41, 5.74) is -0.771. The van der Waals surface area contributed by atoms with Crippen LogP contribution < -0.4 is 5.32 Å². The van der Waals surface area contributed by atoms with Crippen molar-refractivity contribution in [2.75, 3.05) is 0 Å². The molecule has 1 saturated carbocycles. The Balaban J connectivity index is 2.19. The molecule has 2 rings (SSSR count). The molecule has 2 aliphatic rings. The fourth-order valence-electron chi connectivity index (χ4n) is 3.47. The molecule has 1 aliphatic carbocycles. The maximum atomic E-state index is 12.6. The number of hydrogen-bond acceptors (Lipinski definition) is 2. The summed E-state index contributed by atoms with van der Waals surface area (Å²) in [6.07, 6.45) is 6.17. The van der Waals surface area contributed by atoms with E-state index in [4.69, 9.17) is 0 Å². The van der Waals surface area contributed by atoms with Crippen LogP contribution in [0.2, 0.25) is 0 Å². The minimum absolute atomic E-state index is 0.0349.